The number of thiol groups is 1. The van der Waals surface area contributed by atoms with Gasteiger partial charge >= 0.3 is 23.1 Å². The molecule has 0 spiro atoms. The molecule has 0 bridgehead atoms. The minimum Gasteiger partial charge on any atom is -0.131 e. The molecule has 3 heteroatoms. The van der Waals surface area contributed by atoms with Crippen LogP contribution in [0.4, 0.5) is 0 Å². The number of fused-ring (bicyclic) bond motifs is 1. The molecule has 0 amide bonds. The number of hydrogen-bond acceptors (Lipinski definition) is 1. The molecule has 0 nitrogen and oxygen atoms in total. The third kappa shape index (κ3) is 2.28. The summed E-state index contributed by atoms with van der Waals surface area (Å²) in [6, 6.07) is 14.2. The standard InChI is InChI=1S/C11H8S2.Mg.2H/c12-11(13)10-7-3-5-8-4-1-2-6-9(8)10;;;/h1-7H,(H,12,13);;;. The minimum absolute atomic E-state index is 0. The summed E-state index contributed by atoms with van der Waals surface area (Å²) in [5.41, 5.74) is 1.04. The summed E-state index contributed by atoms with van der Waals surface area (Å²) < 4.78 is 0.650. The van der Waals surface area contributed by atoms with Crippen molar-refractivity contribution in [3.05, 3.63) is 48.0 Å². The normalized spacial score (nSPS) is 9.50. The van der Waals surface area contributed by atoms with Gasteiger partial charge in [-0.2, -0.15) is 0 Å². The first-order valence-corrected chi connectivity index (χ1v) is 4.85. The van der Waals surface area contributed by atoms with Crippen molar-refractivity contribution < 1.29 is 0 Å². The Bertz CT molecular complexity index is 460. The van der Waals surface area contributed by atoms with E-state index < -0.39 is 0 Å². The highest BCUT2D eigenvalue weighted by atomic mass is 32.1. The van der Waals surface area contributed by atoms with E-state index in [9.17, 15) is 0 Å². The summed E-state index contributed by atoms with van der Waals surface area (Å²) >= 11 is 9.25. The Labute approximate surface area is 110 Å². The maximum absolute atomic E-state index is 5.05. The zero-order valence-corrected chi connectivity index (χ0v) is 8.61. The molecule has 0 aromatic heterocycles. The average Bonchev–Trinajstić information content (AvgIpc) is 2.17. The van der Waals surface area contributed by atoms with Crippen LogP contribution in [0.15, 0.2) is 42.5 Å². The van der Waals surface area contributed by atoms with Crippen LogP contribution >= 0.6 is 24.8 Å². The third-order valence-electron chi connectivity index (χ3n) is 2.02. The second kappa shape index (κ2) is 5.12. The number of thiocarbonyl (C=S) groups is 1. The fourth-order valence-corrected chi connectivity index (χ4v) is 1.78. The number of benzene rings is 2. The van der Waals surface area contributed by atoms with Crippen LogP contribution in [0.3, 0.4) is 0 Å². The first-order valence-electron chi connectivity index (χ1n) is 4.00. The lowest BCUT2D eigenvalue weighted by atomic mass is 10.1. The Balaban J connectivity index is 0.000000980. The fraction of sp³-hybridized carbons (Fsp3) is 0. The summed E-state index contributed by atoms with van der Waals surface area (Å²) in [4.78, 5) is 0. The molecular weight excluding hydrogens is 221 g/mol. The fourth-order valence-electron chi connectivity index (χ4n) is 1.41. The van der Waals surface area contributed by atoms with Crippen LogP contribution in [0.5, 0.6) is 0 Å². The van der Waals surface area contributed by atoms with E-state index in [1.165, 1.54) is 10.8 Å². The Morgan fingerprint density at radius 1 is 1.00 bits per heavy atom. The highest BCUT2D eigenvalue weighted by molar-refractivity contribution is 8.11. The molecule has 0 radical (unpaired) electrons. The van der Waals surface area contributed by atoms with Crippen molar-refractivity contribution in [1.29, 1.82) is 0 Å². The zero-order valence-electron chi connectivity index (χ0n) is 6.90. The molecule has 14 heavy (non-hydrogen) atoms. The molecule has 0 saturated carbocycles. The van der Waals surface area contributed by atoms with Gasteiger partial charge in [-0.05, 0) is 10.8 Å². The topological polar surface area (TPSA) is 0 Å². The van der Waals surface area contributed by atoms with Gasteiger partial charge in [-0.25, -0.2) is 0 Å². The second-order valence-corrected chi connectivity index (χ2v) is 3.99. The predicted molar refractivity (Wildman–Crippen MR) is 73.2 cm³/mol. The van der Waals surface area contributed by atoms with Gasteiger partial charge in [0.1, 0.15) is 0 Å². The predicted octanol–water partition coefficient (Wildman–Crippen LogP) is 2.53. The molecular formula is C11H10MgS2. The Morgan fingerprint density at radius 3 is 2.36 bits per heavy atom. The minimum atomic E-state index is 0. The highest BCUT2D eigenvalue weighted by Gasteiger charge is 2.00. The quantitative estimate of drug-likeness (QED) is 0.446. The largest absolute Gasteiger partial charge is 0.316 e. The van der Waals surface area contributed by atoms with Crippen LogP contribution in [-0.4, -0.2) is 27.2 Å². The van der Waals surface area contributed by atoms with E-state index in [-0.39, 0.29) is 23.1 Å². The highest BCUT2D eigenvalue weighted by Crippen LogP contribution is 2.20. The molecule has 2 rings (SSSR count). The van der Waals surface area contributed by atoms with Crippen molar-refractivity contribution in [2.45, 2.75) is 0 Å². The van der Waals surface area contributed by atoms with Crippen LogP contribution < -0.4 is 0 Å². The molecule has 0 aliphatic rings. The Morgan fingerprint density at radius 2 is 1.64 bits per heavy atom. The van der Waals surface area contributed by atoms with Gasteiger partial charge in [0, 0.05) is 5.56 Å². The van der Waals surface area contributed by atoms with E-state index in [4.69, 9.17) is 12.2 Å². The molecule has 0 unspecified atom stereocenters. The van der Waals surface area contributed by atoms with E-state index in [1.54, 1.807) is 0 Å². The molecule has 0 fully saturated rings. The van der Waals surface area contributed by atoms with Crippen molar-refractivity contribution in [1.82, 2.24) is 0 Å². The van der Waals surface area contributed by atoms with Crippen LogP contribution in [0.2, 0.25) is 0 Å². The molecule has 0 aliphatic carbocycles. The molecule has 0 aliphatic heterocycles. The Kier molecular flexibility index (Phi) is 4.38. The summed E-state index contributed by atoms with van der Waals surface area (Å²) in [5.74, 6) is 0. The van der Waals surface area contributed by atoms with Gasteiger partial charge in [-0.3, -0.25) is 0 Å². The van der Waals surface area contributed by atoms with E-state index in [2.05, 4.69) is 30.8 Å². The lowest BCUT2D eigenvalue weighted by Gasteiger charge is -2.02. The van der Waals surface area contributed by atoms with E-state index in [0.717, 1.165) is 5.56 Å². The maximum atomic E-state index is 5.05. The maximum Gasteiger partial charge on any atom is 0.316 e. The summed E-state index contributed by atoms with van der Waals surface area (Å²) in [6.07, 6.45) is 0. The van der Waals surface area contributed by atoms with Crippen LogP contribution in [0, 0.1) is 0 Å². The molecule has 0 heterocycles. The first kappa shape index (κ1) is 12.0. The number of hydrogen-bond donors (Lipinski definition) is 1. The molecule has 0 atom stereocenters. The van der Waals surface area contributed by atoms with Crippen molar-refractivity contribution in [3.63, 3.8) is 0 Å². The van der Waals surface area contributed by atoms with Gasteiger partial charge in [-0.15, -0.1) is 12.6 Å². The van der Waals surface area contributed by atoms with Crippen molar-refractivity contribution in [2.75, 3.05) is 0 Å². The van der Waals surface area contributed by atoms with Gasteiger partial charge in [0.15, 0.2) is 0 Å². The monoisotopic (exact) mass is 230 g/mol. The zero-order chi connectivity index (χ0) is 9.26. The van der Waals surface area contributed by atoms with Crippen LogP contribution in [-0.2, 0) is 0 Å². The first-order chi connectivity index (χ1) is 6.29. The van der Waals surface area contributed by atoms with Gasteiger partial charge in [0.05, 0.1) is 4.20 Å². The summed E-state index contributed by atoms with van der Waals surface area (Å²) in [6.45, 7) is 0. The number of rotatable bonds is 1. The molecule has 0 N–H and O–H groups in total. The second-order valence-electron chi connectivity index (χ2n) is 2.83. The van der Waals surface area contributed by atoms with Crippen molar-refractivity contribution in [2.24, 2.45) is 0 Å². The summed E-state index contributed by atoms with van der Waals surface area (Å²) in [5, 5.41) is 2.38. The smallest absolute Gasteiger partial charge is 0.131 e. The van der Waals surface area contributed by atoms with Gasteiger partial charge in [0.2, 0.25) is 0 Å². The molecule has 2 aromatic carbocycles. The SMILES string of the molecule is S=C(S)c1cccc2ccccc12.[MgH2]. The van der Waals surface area contributed by atoms with E-state index in [1.807, 2.05) is 24.3 Å². The van der Waals surface area contributed by atoms with Crippen molar-refractivity contribution in [3.8, 4) is 0 Å². The Hall–Kier alpha value is -0.0938. The molecule has 2 aromatic rings. The lowest BCUT2D eigenvalue weighted by Crippen LogP contribution is -1.88. The molecule has 0 saturated heterocycles. The van der Waals surface area contributed by atoms with Gasteiger partial charge in [-0.1, -0.05) is 54.7 Å². The van der Waals surface area contributed by atoms with E-state index >= 15 is 0 Å². The van der Waals surface area contributed by atoms with Crippen LogP contribution in [0.25, 0.3) is 10.8 Å². The van der Waals surface area contributed by atoms with Crippen molar-refractivity contribution >= 4 is 62.9 Å². The summed E-state index contributed by atoms with van der Waals surface area (Å²) in [7, 11) is 0. The molecule has 68 valence electrons. The van der Waals surface area contributed by atoms with Crippen LogP contribution in [0.1, 0.15) is 5.56 Å². The lowest BCUT2D eigenvalue weighted by molar-refractivity contribution is 1.73. The average molecular weight is 231 g/mol. The third-order valence-corrected chi connectivity index (χ3v) is 2.48. The van der Waals surface area contributed by atoms with E-state index in [0.29, 0.717) is 4.20 Å². The van der Waals surface area contributed by atoms with Gasteiger partial charge < -0.3 is 0 Å². The van der Waals surface area contributed by atoms with Gasteiger partial charge in [0.25, 0.3) is 0 Å².